The monoisotopic (exact) mass is 411 g/mol. The third-order valence-corrected chi connectivity index (χ3v) is 7.15. The highest BCUT2D eigenvalue weighted by Gasteiger charge is 2.39. The molecule has 0 radical (unpaired) electrons. The van der Waals surface area contributed by atoms with Crippen LogP contribution in [0, 0.1) is 6.92 Å². The van der Waals surface area contributed by atoms with Gasteiger partial charge in [-0.05, 0) is 56.7 Å². The molecule has 0 unspecified atom stereocenters. The first kappa shape index (κ1) is 19.3. The quantitative estimate of drug-likeness (QED) is 0.711. The molecule has 1 saturated heterocycles. The third kappa shape index (κ3) is 3.67. The molecule has 0 aliphatic carbocycles. The van der Waals surface area contributed by atoms with Crippen LogP contribution in [0.25, 0.3) is 16.6 Å². The number of sulfone groups is 1. The summed E-state index contributed by atoms with van der Waals surface area (Å²) in [5.41, 5.74) is 0.719. The molecule has 0 saturated carbocycles. The second-order valence-corrected chi connectivity index (χ2v) is 9.90. The summed E-state index contributed by atoms with van der Waals surface area (Å²) in [7, 11) is -3.11. The summed E-state index contributed by atoms with van der Waals surface area (Å²) in [6.45, 7) is 3.50. The first-order valence-corrected chi connectivity index (χ1v) is 11.1. The van der Waals surface area contributed by atoms with Gasteiger partial charge in [-0.1, -0.05) is 12.1 Å². The molecule has 1 amide bonds. The van der Waals surface area contributed by atoms with Crippen molar-refractivity contribution in [2.75, 3.05) is 11.5 Å². The topological polar surface area (TPSA) is 98.1 Å². The molecule has 8 heteroatoms. The van der Waals surface area contributed by atoms with Crippen LogP contribution in [-0.2, 0) is 9.84 Å². The molecule has 7 nitrogen and oxygen atoms in total. The highest BCUT2D eigenvalue weighted by molar-refractivity contribution is 7.91. The molecular weight excluding hydrogens is 390 g/mol. The molecule has 1 aromatic heterocycles. The van der Waals surface area contributed by atoms with E-state index in [0.29, 0.717) is 34.4 Å². The summed E-state index contributed by atoms with van der Waals surface area (Å²) in [6, 6.07) is 13.8. The van der Waals surface area contributed by atoms with Crippen molar-refractivity contribution < 1.29 is 13.2 Å². The normalized spacial score (nSPS) is 20.6. The van der Waals surface area contributed by atoms with E-state index in [9.17, 15) is 18.0 Å². The number of carbonyl (C=O) groups excluding carboxylic acids is 1. The van der Waals surface area contributed by atoms with Crippen LogP contribution in [0.4, 0.5) is 0 Å². The van der Waals surface area contributed by atoms with Gasteiger partial charge in [-0.15, -0.1) is 0 Å². The van der Waals surface area contributed by atoms with Crippen LogP contribution in [-0.4, -0.2) is 40.9 Å². The number of fused-ring (bicyclic) bond motifs is 1. The summed E-state index contributed by atoms with van der Waals surface area (Å²) in [6.07, 6.45) is 0.399. The van der Waals surface area contributed by atoms with Gasteiger partial charge in [0.15, 0.2) is 9.84 Å². The molecule has 2 aromatic carbocycles. The smallest absolute Gasteiger partial charge is 0.265 e. The molecule has 29 heavy (non-hydrogen) atoms. The summed E-state index contributed by atoms with van der Waals surface area (Å²) in [5, 5.41) is 3.36. The molecule has 2 heterocycles. The Labute approximate surface area is 168 Å². The highest BCUT2D eigenvalue weighted by atomic mass is 32.2. The third-order valence-electron chi connectivity index (χ3n) is 5.25. The fourth-order valence-electron chi connectivity index (χ4n) is 3.76. The van der Waals surface area contributed by atoms with Gasteiger partial charge in [0.05, 0.1) is 33.6 Å². The summed E-state index contributed by atoms with van der Waals surface area (Å²) < 4.78 is 25.0. The Morgan fingerprint density at radius 3 is 2.48 bits per heavy atom. The van der Waals surface area contributed by atoms with E-state index in [4.69, 9.17) is 0 Å². The Kier molecular flexibility index (Phi) is 4.53. The van der Waals surface area contributed by atoms with Gasteiger partial charge in [-0.25, -0.2) is 13.4 Å². The van der Waals surface area contributed by atoms with Crippen molar-refractivity contribution in [1.82, 2.24) is 14.9 Å². The zero-order valence-electron chi connectivity index (χ0n) is 16.2. The van der Waals surface area contributed by atoms with Crippen molar-refractivity contribution in [2.45, 2.75) is 25.8 Å². The van der Waals surface area contributed by atoms with E-state index in [-0.39, 0.29) is 23.0 Å². The molecular formula is C21H21N3O4S. The minimum Gasteiger partial charge on any atom is -0.346 e. The predicted molar refractivity (Wildman–Crippen MR) is 111 cm³/mol. The molecule has 1 N–H and O–H groups in total. The lowest BCUT2D eigenvalue weighted by molar-refractivity contribution is 0.0915. The number of carbonyl (C=O) groups is 1. The Morgan fingerprint density at radius 1 is 1.14 bits per heavy atom. The van der Waals surface area contributed by atoms with Gasteiger partial charge < -0.3 is 5.32 Å². The minimum absolute atomic E-state index is 0.0544. The van der Waals surface area contributed by atoms with Crippen molar-refractivity contribution in [3.05, 3.63) is 70.3 Å². The standard InChI is InChI=1S/C21H21N3O4S/c1-14-22-18-6-4-3-5-17(18)20(26)24(14)16-9-7-15(8-10-16)19(25)23-21(2)11-12-29(27,28)13-21/h3-10H,11-13H2,1-2H3,(H,23,25)/t21-/m1/s1. The maximum atomic E-state index is 12.9. The van der Waals surface area contributed by atoms with Gasteiger partial charge in [0.1, 0.15) is 5.82 Å². The van der Waals surface area contributed by atoms with Crippen LogP contribution in [0.2, 0.25) is 0 Å². The number of para-hydroxylation sites is 1. The maximum absolute atomic E-state index is 12.9. The number of benzene rings is 2. The molecule has 1 aliphatic rings. The van der Waals surface area contributed by atoms with Crippen LogP contribution in [0.1, 0.15) is 29.5 Å². The van der Waals surface area contributed by atoms with Gasteiger partial charge in [0.2, 0.25) is 0 Å². The van der Waals surface area contributed by atoms with E-state index in [2.05, 4.69) is 10.3 Å². The zero-order valence-corrected chi connectivity index (χ0v) is 17.0. The van der Waals surface area contributed by atoms with E-state index >= 15 is 0 Å². The number of aromatic nitrogens is 2. The predicted octanol–water partition coefficient (Wildman–Crippen LogP) is 2.00. The number of rotatable bonds is 3. The van der Waals surface area contributed by atoms with Gasteiger partial charge in [0.25, 0.3) is 11.5 Å². The largest absolute Gasteiger partial charge is 0.346 e. The van der Waals surface area contributed by atoms with Crippen LogP contribution in [0.3, 0.4) is 0 Å². The first-order chi connectivity index (χ1) is 13.7. The van der Waals surface area contributed by atoms with Crippen molar-refractivity contribution in [1.29, 1.82) is 0 Å². The molecule has 4 rings (SSSR count). The lowest BCUT2D eigenvalue weighted by atomic mass is 10.0. The number of nitrogens with one attached hydrogen (secondary N) is 1. The molecule has 150 valence electrons. The van der Waals surface area contributed by atoms with E-state index in [1.54, 1.807) is 56.3 Å². The number of nitrogens with zero attached hydrogens (tertiary/aromatic N) is 2. The molecule has 3 aromatic rings. The first-order valence-electron chi connectivity index (χ1n) is 9.29. The Hall–Kier alpha value is -3.00. The van der Waals surface area contributed by atoms with E-state index < -0.39 is 15.4 Å². The number of hydrogen-bond acceptors (Lipinski definition) is 5. The summed E-state index contributed by atoms with van der Waals surface area (Å²) in [5.74, 6) is 0.243. The Bertz CT molecular complexity index is 1280. The summed E-state index contributed by atoms with van der Waals surface area (Å²) >= 11 is 0. The fourth-order valence-corrected chi connectivity index (χ4v) is 5.86. The highest BCUT2D eigenvalue weighted by Crippen LogP contribution is 2.23. The van der Waals surface area contributed by atoms with Gasteiger partial charge in [-0.3, -0.25) is 14.2 Å². The second kappa shape index (κ2) is 6.81. The maximum Gasteiger partial charge on any atom is 0.265 e. The molecule has 1 fully saturated rings. The Morgan fingerprint density at radius 2 is 1.83 bits per heavy atom. The molecule has 0 bridgehead atoms. The van der Waals surface area contributed by atoms with E-state index in [1.165, 1.54) is 4.57 Å². The van der Waals surface area contributed by atoms with Gasteiger partial charge in [0, 0.05) is 5.56 Å². The van der Waals surface area contributed by atoms with Crippen molar-refractivity contribution in [2.24, 2.45) is 0 Å². The lowest BCUT2D eigenvalue weighted by Gasteiger charge is -2.24. The minimum atomic E-state index is -3.11. The lowest BCUT2D eigenvalue weighted by Crippen LogP contribution is -2.46. The summed E-state index contributed by atoms with van der Waals surface area (Å²) in [4.78, 5) is 30.0. The van der Waals surface area contributed by atoms with Crippen molar-refractivity contribution >= 4 is 26.6 Å². The van der Waals surface area contributed by atoms with E-state index in [1.807, 2.05) is 6.07 Å². The SMILES string of the molecule is Cc1nc2ccccc2c(=O)n1-c1ccc(C(=O)N[C@]2(C)CCS(=O)(=O)C2)cc1. The number of hydrogen-bond donors (Lipinski definition) is 1. The average molecular weight is 411 g/mol. The Balaban J connectivity index is 1.63. The van der Waals surface area contributed by atoms with Gasteiger partial charge in [-0.2, -0.15) is 0 Å². The van der Waals surface area contributed by atoms with Crippen molar-refractivity contribution in [3.63, 3.8) is 0 Å². The van der Waals surface area contributed by atoms with Crippen LogP contribution < -0.4 is 10.9 Å². The van der Waals surface area contributed by atoms with Gasteiger partial charge >= 0.3 is 0 Å². The van der Waals surface area contributed by atoms with E-state index in [0.717, 1.165) is 0 Å². The van der Waals surface area contributed by atoms with Crippen LogP contribution in [0.5, 0.6) is 0 Å². The average Bonchev–Trinajstić information content (AvgIpc) is 2.95. The molecule has 1 aliphatic heterocycles. The molecule has 0 spiro atoms. The zero-order chi connectivity index (χ0) is 20.8. The molecule has 1 atom stereocenters. The van der Waals surface area contributed by atoms with Crippen LogP contribution in [0.15, 0.2) is 53.3 Å². The van der Waals surface area contributed by atoms with Crippen molar-refractivity contribution in [3.8, 4) is 5.69 Å². The van der Waals surface area contributed by atoms with Crippen LogP contribution >= 0.6 is 0 Å². The number of aryl methyl sites for hydroxylation is 1. The second-order valence-electron chi connectivity index (χ2n) is 7.72. The number of amides is 1. The fraction of sp³-hybridized carbons (Fsp3) is 0.286.